The molecular weight excluding hydrogens is 374 g/mol. The van der Waals surface area contributed by atoms with Crippen LogP contribution >= 0.6 is 11.8 Å². The molecule has 138 valence electrons. The lowest BCUT2D eigenvalue weighted by molar-refractivity contribution is -0.384. The van der Waals surface area contributed by atoms with Crippen molar-refractivity contribution < 1.29 is 18.9 Å². The monoisotopic (exact) mass is 387 g/mol. The number of hydrogen-bond donors (Lipinski definition) is 2. The highest BCUT2D eigenvalue weighted by Crippen LogP contribution is 2.25. The molecule has 2 heterocycles. The van der Waals surface area contributed by atoms with E-state index in [0.29, 0.717) is 16.7 Å². The summed E-state index contributed by atoms with van der Waals surface area (Å²) in [6.45, 7) is 0. The molecule has 2 N–H and O–H groups in total. The zero-order valence-electron chi connectivity index (χ0n) is 13.9. The summed E-state index contributed by atoms with van der Waals surface area (Å²) in [4.78, 5) is 30.5. The quantitative estimate of drug-likeness (QED) is 0.271. The summed E-state index contributed by atoms with van der Waals surface area (Å²) in [5, 5.41) is 11.1. The first-order valence-corrected chi connectivity index (χ1v) is 8.73. The number of aromatic nitrogens is 2. The Labute approximate surface area is 157 Å². The first-order chi connectivity index (χ1) is 13.0. The van der Waals surface area contributed by atoms with Gasteiger partial charge in [0.1, 0.15) is 5.75 Å². The number of nitrogens with zero attached hydrogens (tertiary/aromatic N) is 3. The van der Waals surface area contributed by atoms with Crippen LogP contribution in [0.25, 0.3) is 0 Å². The molecule has 0 spiro atoms. The molecule has 3 aromatic rings. The summed E-state index contributed by atoms with van der Waals surface area (Å²) in [5.74, 6) is 0.548. The number of non-ortho nitro benzene ring substituents is 1. The number of hydrazine groups is 1. The number of furan rings is 1. The number of nitrogens with one attached hydrogen (secondary N) is 2. The van der Waals surface area contributed by atoms with E-state index < -0.39 is 10.8 Å². The second kappa shape index (κ2) is 8.19. The molecule has 0 fully saturated rings. The van der Waals surface area contributed by atoms with Gasteiger partial charge >= 0.3 is 5.91 Å². The minimum Gasteiger partial charge on any atom is -0.459 e. The number of benzene rings is 1. The Hall–Kier alpha value is -3.60. The first kappa shape index (κ1) is 18.2. The molecular formula is C16H13N5O5S. The van der Waals surface area contributed by atoms with Gasteiger partial charge in [0.25, 0.3) is 5.69 Å². The average Bonchev–Trinajstić information content (AvgIpc) is 3.21. The van der Waals surface area contributed by atoms with E-state index in [1.54, 1.807) is 12.3 Å². The van der Waals surface area contributed by atoms with Crippen molar-refractivity contribution in [3.8, 4) is 11.6 Å². The van der Waals surface area contributed by atoms with Gasteiger partial charge in [0.05, 0.1) is 11.2 Å². The fourth-order valence-corrected chi connectivity index (χ4v) is 2.33. The third-order valence-corrected chi connectivity index (χ3v) is 3.73. The zero-order valence-corrected chi connectivity index (χ0v) is 14.7. The Kier molecular flexibility index (Phi) is 5.52. The fraction of sp³-hybridized carbons (Fsp3) is 0.0625. The summed E-state index contributed by atoms with van der Waals surface area (Å²) in [7, 11) is 0. The number of nitro benzene ring substituents is 1. The molecule has 10 nitrogen and oxygen atoms in total. The Morgan fingerprint density at radius 2 is 2.04 bits per heavy atom. The molecule has 11 heteroatoms. The maximum absolute atomic E-state index is 11.9. The molecule has 0 aliphatic heterocycles. The van der Waals surface area contributed by atoms with E-state index in [1.807, 2.05) is 0 Å². The second-order valence-corrected chi connectivity index (χ2v) is 5.76. The second-order valence-electron chi connectivity index (χ2n) is 4.99. The van der Waals surface area contributed by atoms with Gasteiger partial charge in [-0.3, -0.25) is 25.8 Å². The van der Waals surface area contributed by atoms with Crippen LogP contribution in [0.15, 0.2) is 58.3 Å². The molecule has 0 atom stereocenters. The van der Waals surface area contributed by atoms with Crippen molar-refractivity contribution in [2.24, 2.45) is 0 Å². The minimum atomic E-state index is -0.496. The van der Waals surface area contributed by atoms with Crippen LogP contribution in [-0.4, -0.2) is 27.1 Å². The molecule has 3 rings (SSSR count). The van der Waals surface area contributed by atoms with Crippen molar-refractivity contribution >= 4 is 29.2 Å². The number of ether oxygens (including phenoxy) is 1. The topological polar surface area (TPSA) is 132 Å². The van der Waals surface area contributed by atoms with Crippen LogP contribution in [0.4, 0.5) is 11.5 Å². The van der Waals surface area contributed by atoms with Gasteiger partial charge in [0.15, 0.2) is 16.7 Å². The van der Waals surface area contributed by atoms with Crippen LogP contribution < -0.4 is 15.6 Å². The molecule has 27 heavy (non-hydrogen) atoms. The molecule has 2 aromatic heterocycles. The SMILES string of the molecule is CSc1nc(NNC(=O)c2ccco2)cc(Oc2ccc([N+](=O)[O-])cc2)n1. The molecule has 1 amide bonds. The van der Waals surface area contributed by atoms with Crippen LogP contribution in [0.3, 0.4) is 0 Å². The summed E-state index contributed by atoms with van der Waals surface area (Å²) < 4.78 is 10.6. The number of carbonyl (C=O) groups excluding carboxylic acids is 1. The molecule has 0 saturated heterocycles. The predicted molar refractivity (Wildman–Crippen MR) is 96.8 cm³/mol. The number of nitro groups is 1. The highest BCUT2D eigenvalue weighted by Gasteiger charge is 2.11. The average molecular weight is 387 g/mol. The standard InChI is InChI=1S/C16H13N5O5S/c1-27-16-17-13(19-20-15(22)12-3-2-8-25-12)9-14(18-16)26-11-6-4-10(5-7-11)21(23)24/h2-9H,1H3,(H,20,22)(H,17,18,19). The molecule has 0 unspecified atom stereocenters. The first-order valence-electron chi connectivity index (χ1n) is 7.50. The van der Waals surface area contributed by atoms with Gasteiger partial charge in [-0.1, -0.05) is 11.8 Å². The lowest BCUT2D eigenvalue weighted by Crippen LogP contribution is -2.29. The van der Waals surface area contributed by atoms with E-state index in [0.717, 1.165) is 0 Å². The molecule has 0 radical (unpaired) electrons. The van der Waals surface area contributed by atoms with Crippen LogP contribution in [0.5, 0.6) is 11.6 Å². The number of rotatable bonds is 7. The number of carbonyl (C=O) groups is 1. The van der Waals surface area contributed by atoms with Crippen molar-refractivity contribution in [1.29, 1.82) is 0 Å². The van der Waals surface area contributed by atoms with Crippen molar-refractivity contribution in [3.05, 3.63) is 64.6 Å². The molecule has 0 aliphatic rings. The van der Waals surface area contributed by atoms with Crippen LogP contribution in [0.2, 0.25) is 0 Å². The number of hydrogen-bond acceptors (Lipinski definition) is 9. The van der Waals surface area contributed by atoms with Crippen molar-refractivity contribution in [2.45, 2.75) is 5.16 Å². The Morgan fingerprint density at radius 1 is 1.26 bits per heavy atom. The predicted octanol–water partition coefficient (Wildman–Crippen LogP) is 3.25. The summed E-state index contributed by atoms with van der Waals surface area (Å²) in [6, 6.07) is 10.2. The third-order valence-electron chi connectivity index (χ3n) is 3.18. The van der Waals surface area contributed by atoms with Crippen LogP contribution in [0.1, 0.15) is 10.6 Å². The largest absolute Gasteiger partial charge is 0.459 e. The van der Waals surface area contributed by atoms with Gasteiger partial charge in [-0.15, -0.1) is 0 Å². The van der Waals surface area contributed by atoms with Gasteiger partial charge in [-0.05, 0) is 30.5 Å². The van der Waals surface area contributed by atoms with E-state index >= 15 is 0 Å². The van der Waals surface area contributed by atoms with Crippen LogP contribution in [0, 0.1) is 10.1 Å². The maximum Gasteiger partial charge on any atom is 0.305 e. The van der Waals surface area contributed by atoms with Crippen LogP contribution in [-0.2, 0) is 0 Å². The summed E-state index contributed by atoms with van der Waals surface area (Å²) in [6.07, 6.45) is 3.18. The van der Waals surface area contributed by atoms with Crippen molar-refractivity contribution in [1.82, 2.24) is 15.4 Å². The Morgan fingerprint density at radius 3 is 2.67 bits per heavy atom. The lowest BCUT2D eigenvalue weighted by Gasteiger charge is -2.10. The number of amides is 1. The Balaban J connectivity index is 1.72. The maximum atomic E-state index is 11.9. The summed E-state index contributed by atoms with van der Waals surface area (Å²) >= 11 is 1.28. The van der Waals surface area contributed by atoms with E-state index in [-0.39, 0.29) is 17.3 Å². The van der Waals surface area contributed by atoms with E-state index in [2.05, 4.69) is 20.8 Å². The molecule has 0 aliphatic carbocycles. The summed E-state index contributed by atoms with van der Waals surface area (Å²) in [5.41, 5.74) is 5.07. The molecule has 0 bridgehead atoms. The smallest absolute Gasteiger partial charge is 0.305 e. The third kappa shape index (κ3) is 4.73. The zero-order chi connectivity index (χ0) is 19.2. The number of thioether (sulfide) groups is 1. The van der Waals surface area contributed by atoms with Gasteiger partial charge < -0.3 is 9.15 Å². The Bertz CT molecular complexity index is 946. The van der Waals surface area contributed by atoms with Crippen molar-refractivity contribution in [3.63, 3.8) is 0 Å². The van der Waals surface area contributed by atoms with E-state index in [1.165, 1.54) is 54.4 Å². The highest BCUT2D eigenvalue weighted by atomic mass is 32.2. The molecule has 0 saturated carbocycles. The van der Waals surface area contributed by atoms with Gasteiger partial charge in [-0.25, -0.2) is 4.98 Å². The van der Waals surface area contributed by atoms with Crippen molar-refractivity contribution in [2.75, 3.05) is 11.7 Å². The fourth-order valence-electron chi connectivity index (χ4n) is 1.96. The number of anilines is 1. The molecule has 1 aromatic carbocycles. The normalized spacial score (nSPS) is 10.3. The highest BCUT2D eigenvalue weighted by molar-refractivity contribution is 7.98. The van der Waals surface area contributed by atoms with Gasteiger partial charge in [-0.2, -0.15) is 4.98 Å². The van der Waals surface area contributed by atoms with Gasteiger partial charge in [0.2, 0.25) is 5.88 Å². The van der Waals surface area contributed by atoms with E-state index in [4.69, 9.17) is 9.15 Å². The van der Waals surface area contributed by atoms with Gasteiger partial charge in [0, 0.05) is 18.2 Å². The minimum absolute atomic E-state index is 0.0437. The lowest BCUT2D eigenvalue weighted by atomic mass is 10.3. The van der Waals surface area contributed by atoms with E-state index in [9.17, 15) is 14.9 Å².